The number of hydrogen-bond acceptors (Lipinski definition) is 8. The van der Waals surface area contributed by atoms with Crippen LogP contribution in [0.2, 0.25) is 0 Å². The molecule has 1 N–H and O–H groups in total. The van der Waals surface area contributed by atoms with Gasteiger partial charge in [-0.15, -0.1) is 11.3 Å². The predicted molar refractivity (Wildman–Crippen MR) is 140 cm³/mol. The van der Waals surface area contributed by atoms with E-state index in [4.69, 9.17) is 14.4 Å². The summed E-state index contributed by atoms with van der Waals surface area (Å²) in [6.07, 6.45) is 6.63. The molecule has 0 spiro atoms. The topological polar surface area (TPSA) is 101 Å². The van der Waals surface area contributed by atoms with Gasteiger partial charge in [-0.05, 0) is 49.7 Å². The first kappa shape index (κ1) is 23.8. The molecule has 1 unspecified atom stereocenters. The Morgan fingerprint density at radius 3 is 2.72 bits per heavy atom. The van der Waals surface area contributed by atoms with Crippen LogP contribution in [0.3, 0.4) is 0 Å². The van der Waals surface area contributed by atoms with Crippen molar-refractivity contribution in [2.75, 3.05) is 19.6 Å². The van der Waals surface area contributed by atoms with Crippen LogP contribution in [0.5, 0.6) is 0 Å². The number of amides is 1. The van der Waals surface area contributed by atoms with E-state index in [1.54, 1.807) is 40.4 Å². The zero-order chi connectivity index (χ0) is 25.1. The summed E-state index contributed by atoms with van der Waals surface area (Å²) in [6, 6.07) is 9.64. The Hall–Kier alpha value is -3.89. The molecule has 5 rings (SSSR count). The van der Waals surface area contributed by atoms with Gasteiger partial charge in [0.05, 0.1) is 34.2 Å². The molecular weight excluding hydrogens is 474 g/mol. The molecule has 1 atom stereocenters. The molecular formula is C26H27N7O2S. The number of carbonyl (C=O) groups is 1. The van der Waals surface area contributed by atoms with Crippen LogP contribution in [0, 0.1) is 0 Å². The molecule has 9 nitrogen and oxygen atoms in total. The van der Waals surface area contributed by atoms with Crippen molar-refractivity contribution in [1.29, 1.82) is 0 Å². The summed E-state index contributed by atoms with van der Waals surface area (Å²) in [5.74, 6) is 0.153. The van der Waals surface area contributed by atoms with E-state index in [1.807, 2.05) is 29.8 Å². The smallest absolute Gasteiger partial charge is 0.251 e. The lowest BCUT2D eigenvalue weighted by atomic mass is 10.1. The molecule has 0 aliphatic carbocycles. The standard InChI is InChI=1S/C26H27N7O2S/c1-4-32(5-2)17(3)15-28-25(34)18-13-21(30-22(14-18)26-27-9-11-35-26)19-16-29-33-10-8-20(31-24(19)33)23-7-6-12-36-23/h6-14,16-17H,4-5,15H2,1-3H3,(H,28,34). The molecule has 36 heavy (non-hydrogen) atoms. The SMILES string of the molecule is CCN(CC)C(C)CNC(=O)c1cc(-c2ncco2)nc(-c2cnn3ccc(-c4cccs4)nc23)c1. The van der Waals surface area contributed by atoms with E-state index in [0.717, 1.165) is 23.7 Å². The molecule has 0 aromatic carbocycles. The first-order valence-corrected chi connectivity index (χ1v) is 12.8. The summed E-state index contributed by atoms with van der Waals surface area (Å²) < 4.78 is 7.20. The second kappa shape index (κ2) is 10.4. The fourth-order valence-corrected chi connectivity index (χ4v) is 4.88. The van der Waals surface area contributed by atoms with Crippen molar-refractivity contribution in [3.8, 4) is 33.4 Å². The van der Waals surface area contributed by atoms with Crippen LogP contribution in [0.4, 0.5) is 0 Å². The molecule has 5 heterocycles. The quantitative estimate of drug-likeness (QED) is 0.314. The molecule has 10 heteroatoms. The van der Waals surface area contributed by atoms with E-state index in [2.05, 4.69) is 41.1 Å². The second-order valence-electron chi connectivity index (χ2n) is 8.36. The minimum absolute atomic E-state index is 0.186. The molecule has 5 aromatic heterocycles. The average molecular weight is 502 g/mol. The molecule has 0 radical (unpaired) electrons. The van der Waals surface area contributed by atoms with Gasteiger partial charge >= 0.3 is 0 Å². The van der Waals surface area contributed by atoms with Gasteiger partial charge in [0.1, 0.15) is 12.0 Å². The Bertz CT molecular complexity index is 1460. The summed E-state index contributed by atoms with van der Waals surface area (Å²) in [4.78, 5) is 30.4. The largest absolute Gasteiger partial charge is 0.443 e. The number of carbonyl (C=O) groups excluding carboxylic acids is 1. The highest BCUT2D eigenvalue weighted by Gasteiger charge is 2.19. The Morgan fingerprint density at radius 2 is 2.00 bits per heavy atom. The van der Waals surface area contributed by atoms with Crippen molar-refractivity contribution < 1.29 is 9.21 Å². The Morgan fingerprint density at radius 1 is 1.17 bits per heavy atom. The maximum Gasteiger partial charge on any atom is 0.251 e. The molecule has 0 saturated carbocycles. The van der Waals surface area contributed by atoms with Crippen LogP contribution in [0.25, 0.3) is 39.1 Å². The fraction of sp³-hybridized carbons (Fsp3) is 0.269. The van der Waals surface area contributed by atoms with Crippen molar-refractivity contribution in [3.05, 3.63) is 66.1 Å². The summed E-state index contributed by atoms with van der Waals surface area (Å²) in [7, 11) is 0. The Balaban J connectivity index is 1.53. The zero-order valence-electron chi connectivity index (χ0n) is 20.4. The summed E-state index contributed by atoms with van der Waals surface area (Å²) in [5.41, 5.74) is 3.72. The maximum atomic E-state index is 13.2. The van der Waals surface area contributed by atoms with Crippen molar-refractivity contribution >= 4 is 22.9 Å². The lowest BCUT2D eigenvalue weighted by Crippen LogP contribution is -2.42. The Labute approximate surface area is 212 Å². The van der Waals surface area contributed by atoms with Crippen LogP contribution in [-0.4, -0.2) is 61.0 Å². The first-order chi connectivity index (χ1) is 17.6. The van der Waals surface area contributed by atoms with E-state index in [0.29, 0.717) is 40.6 Å². The fourth-order valence-electron chi connectivity index (χ4n) is 4.19. The van der Waals surface area contributed by atoms with E-state index < -0.39 is 0 Å². The van der Waals surface area contributed by atoms with Gasteiger partial charge in [-0.1, -0.05) is 19.9 Å². The van der Waals surface area contributed by atoms with E-state index in [-0.39, 0.29) is 11.9 Å². The highest BCUT2D eigenvalue weighted by molar-refractivity contribution is 7.13. The highest BCUT2D eigenvalue weighted by Crippen LogP contribution is 2.29. The third-order valence-electron chi connectivity index (χ3n) is 6.15. The van der Waals surface area contributed by atoms with Gasteiger partial charge in [0, 0.05) is 24.3 Å². The lowest BCUT2D eigenvalue weighted by Gasteiger charge is -2.26. The van der Waals surface area contributed by atoms with E-state index >= 15 is 0 Å². The number of thiophene rings is 1. The van der Waals surface area contributed by atoms with Gasteiger partial charge in [-0.25, -0.2) is 19.5 Å². The maximum absolute atomic E-state index is 13.2. The van der Waals surface area contributed by atoms with Crippen molar-refractivity contribution in [2.24, 2.45) is 0 Å². The molecule has 0 aliphatic rings. The first-order valence-electron chi connectivity index (χ1n) is 11.9. The van der Waals surface area contributed by atoms with Gasteiger partial charge in [0.25, 0.3) is 5.91 Å². The third kappa shape index (κ3) is 4.77. The summed E-state index contributed by atoms with van der Waals surface area (Å²) >= 11 is 1.62. The molecule has 0 aliphatic heterocycles. The number of rotatable bonds is 9. The molecule has 0 saturated heterocycles. The second-order valence-corrected chi connectivity index (χ2v) is 9.31. The number of oxazole rings is 1. The third-order valence-corrected chi connectivity index (χ3v) is 7.04. The van der Waals surface area contributed by atoms with Gasteiger partial charge in [0.2, 0.25) is 5.89 Å². The predicted octanol–water partition coefficient (Wildman–Crippen LogP) is 4.63. The number of likely N-dealkylation sites (N-methyl/N-ethyl adjacent to an activating group) is 1. The van der Waals surface area contributed by atoms with Gasteiger partial charge in [-0.2, -0.15) is 5.10 Å². The number of fused-ring (bicyclic) bond motifs is 1. The molecule has 0 bridgehead atoms. The van der Waals surface area contributed by atoms with Gasteiger partial charge < -0.3 is 9.73 Å². The van der Waals surface area contributed by atoms with Crippen molar-refractivity contribution in [3.63, 3.8) is 0 Å². The normalized spacial score (nSPS) is 12.3. The van der Waals surface area contributed by atoms with Gasteiger partial charge in [-0.3, -0.25) is 9.69 Å². The lowest BCUT2D eigenvalue weighted by molar-refractivity contribution is 0.0938. The van der Waals surface area contributed by atoms with E-state index in [1.165, 1.54) is 6.26 Å². The van der Waals surface area contributed by atoms with Crippen molar-refractivity contribution in [2.45, 2.75) is 26.8 Å². The molecule has 5 aromatic rings. The molecule has 0 fully saturated rings. The number of nitrogens with zero attached hydrogens (tertiary/aromatic N) is 6. The molecule has 1 amide bonds. The van der Waals surface area contributed by atoms with Crippen molar-refractivity contribution in [1.82, 2.24) is 34.8 Å². The van der Waals surface area contributed by atoms with Gasteiger partial charge in [0.15, 0.2) is 5.65 Å². The van der Waals surface area contributed by atoms with Crippen LogP contribution in [0.15, 0.2) is 65.0 Å². The van der Waals surface area contributed by atoms with Crippen LogP contribution in [0.1, 0.15) is 31.1 Å². The highest BCUT2D eigenvalue weighted by atomic mass is 32.1. The number of nitrogens with one attached hydrogen (secondary N) is 1. The monoisotopic (exact) mass is 501 g/mol. The summed E-state index contributed by atoms with van der Waals surface area (Å²) in [5, 5.41) is 9.54. The summed E-state index contributed by atoms with van der Waals surface area (Å²) in [6.45, 7) is 8.74. The number of aromatic nitrogens is 5. The van der Waals surface area contributed by atoms with E-state index in [9.17, 15) is 4.79 Å². The van der Waals surface area contributed by atoms with Crippen LogP contribution in [-0.2, 0) is 0 Å². The van der Waals surface area contributed by atoms with Crippen LogP contribution < -0.4 is 5.32 Å². The zero-order valence-corrected chi connectivity index (χ0v) is 21.2. The Kier molecular flexibility index (Phi) is 6.88. The minimum Gasteiger partial charge on any atom is -0.443 e. The number of pyridine rings is 1. The average Bonchev–Trinajstić information content (AvgIpc) is 3.69. The van der Waals surface area contributed by atoms with Crippen LogP contribution >= 0.6 is 11.3 Å². The minimum atomic E-state index is -0.186. The molecule has 184 valence electrons. The number of hydrogen-bond donors (Lipinski definition) is 1.